The van der Waals surface area contributed by atoms with Gasteiger partial charge < -0.3 is 10.5 Å². The van der Waals surface area contributed by atoms with Gasteiger partial charge in [-0.1, -0.05) is 12.8 Å². The maximum atomic E-state index is 6.03. The molecule has 1 aromatic heterocycles. The summed E-state index contributed by atoms with van der Waals surface area (Å²) in [5.41, 5.74) is 6.81. The molecule has 0 spiro atoms. The van der Waals surface area contributed by atoms with E-state index >= 15 is 0 Å². The predicted octanol–water partition coefficient (Wildman–Crippen LogP) is 1.29. The predicted molar refractivity (Wildman–Crippen MR) is 52.9 cm³/mol. The number of ether oxygens (including phenoxy) is 1. The van der Waals surface area contributed by atoms with Crippen LogP contribution in [0.4, 0.5) is 0 Å². The van der Waals surface area contributed by atoms with E-state index in [2.05, 4.69) is 9.97 Å². The van der Waals surface area contributed by atoms with Crippen molar-refractivity contribution < 1.29 is 4.74 Å². The molecule has 1 saturated carbocycles. The third-order valence-corrected chi connectivity index (χ3v) is 2.52. The summed E-state index contributed by atoms with van der Waals surface area (Å²) in [7, 11) is 1.59. The fraction of sp³-hybridized carbons (Fsp3) is 0.600. The highest BCUT2D eigenvalue weighted by molar-refractivity contribution is 5.20. The smallest absolute Gasteiger partial charge is 0.236 e. The first kappa shape index (κ1) is 9.40. The van der Waals surface area contributed by atoms with Gasteiger partial charge in [-0.2, -0.15) is 0 Å². The van der Waals surface area contributed by atoms with Crippen LogP contribution in [0.2, 0.25) is 0 Å². The van der Waals surface area contributed by atoms with E-state index < -0.39 is 0 Å². The van der Waals surface area contributed by atoms with Crippen molar-refractivity contribution in [2.75, 3.05) is 7.11 Å². The second kappa shape index (κ2) is 3.92. The molecule has 14 heavy (non-hydrogen) atoms. The summed E-state index contributed by atoms with van der Waals surface area (Å²) in [5, 5.41) is 0. The van der Waals surface area contributed by atoms with Gasteiger partial charge in [0.15, 0.2) is 0 Å². The lowest BCUT2D eigenvalue weighted by atomic mass is 10.1. The van der Waals surface area contributed by atoms with Crippen molar-refractivity contribution in [2.45, 2.75) is 25.3 Å². The number of hydrogen-bond donors (Lipinski definition) is 1. The Labute approximate surface area is 83.5 Å². The van der Waals surface area contributed by atoms with Gasteiger partial charge in [0.25, 0.3) is 0 Å². The molecule has 76 valence electrons. The summed E-state index contributed by atoms with van der Waals surface area (Å²) in [4.78, 5) is 8.30. The highest BCUT2D eigenvalue weighted by atomic mass is 16.5. The van der Waals surface area contributed by atoms with Crippen LogP contribution >= 0.6 is 0 Å². The molecule has 4 heteroatoms. The molecule has 0 bridgehead atoms. The van der Waals surface area contributed by atoms with Crippen LogP contribution in [0.1, 0.15) is 31.0 Å². The van der Waals surface area contributed by atoms with Crippen LogP contribution in [-0.4, -0.2) is 17.1 Å². The van der Waals surface area contributed by atoms with E-state index in [0.717, 1.165) is 18.0 Å². The average Bonchev–Trinajstić information content (AvgIpc) is 3.01. The molecular formula is C10H15N3O. The zero-order valence-corrected chi connectivity index (χ0v) is 8.31. The van der Waals surface area contributed by atoms with Gasteiger partial charge in [0, 0.05) is 12.4 Å². The van der Waals surface area contributed by atoms with Gasteiger partial charge in [-0.25, -0.2) is 4.98 Å². The molecule has 1 fully saturated rings. The molecule has 1 unspecified atom stereocenters. The largest absolute Gasteiger partial charge is 0.480 e. The number of hydrogen-bond acceptors (Lipinski definition) is 4. The zero-order valence-electron chi connectivity index (χ0n) is 8.31. The van der Waals surface area contributed by atoms with Gasteiger partial charge in [0.05, 0.1) is 13.2 Å². The van der Waals surface area contributed by atoms with Gasteiger partial charge in [-0.05, 0) is 12.3 Å². The summed E-state index contributed by atoms with van der Waals surface area (Å²) in [5.74, 6) is 1.34. The third kappa shape index (κ3) is 2.01. The lowest BCUT2D eigenvalue weighted by Gasteiger charge is -2.12. The fourth-order valence-electron chi connectivity index (χ4n) is 1.57. The molecule has 0 aliphatic heterocycles. The minimum absolute atomic E-state index is 0.0360. The van der Waals surface area contributed by atoms with Crippen LogP contribution in [0.3, 0.4) is 0 Å². The molecule has 1 heterocycles. The van der Waals surface area contributed by atoms with Crippen molar-refractivity contribution >= 4 is 0 Å². The van der Waals surface area contributed by atoms with E-state index in [0.29, 0.717) is 5.88 Å². The molecule has 0 radical (unpaired) electrons. The second-order valence-corrected chi connectivity index (χ2v) is 3.74. The van der Waals surface area contributed by atoms with Gasteiger partial charge in [0.1, 0.15) is 5.69 Å². The van der Waals surface area contributed by atoms with Gasteiger partial charge in [-0.3, -0.25) is 4.98 Å². The Morgan fingerprint density at radius 3 is 2.86 bits per heavy atom. The number of methoxy groups -OCH3 is 1. The van der Waals surface area contributed by atoms with E-state index in [1.807, 2.05) is 0 Å². The monoisotopic (exact) mass is 193 g/mol. The van der Waals surface area contributed by atoms with Crippen LogP contribution in [-0.2, 0) is 0 Å². The van der Waals surface area contributed by atoms with E-state index in [1.165, 1.54) is 12.8 Å². The van der Waals surface area contributed by atoms with Gasteiger partial charge >= 0.3 is 0 Å². The average molecular weight is 193 g/mol. The van der Waals surface area contributed by atoms with Crippen molar-refractivity contribution in [1.29, 1.82) is 0 Å². The lowest BCUT2D eigenvalue weighted by Crippen LogP contribution is -2.14. The molecule has 0 aromatic carbocycles. The van der Waals surface area contributed by atoms with Crippen LogP contribution in [0.5, 0.6) is 5.88 Å². The summed E-state index contributed by atoms with van der Waals surface area (Å²) < 4.78 is 5.11. The van der Waals surface area contributed by atoms with Gasteiger partial charge in [0.2, 0.25) is 5.88 Å². The Kier molecular flexibility index (Phi) is 2.63. The maximum Gasteiger partial charge on any atom is 0.236 e. The molecule has 1 aliphatic carbocycles. The van der Waals surface area contributed by atoms with Crippen molar-refractivity contribution in [2.24, 2.45) is 11.7 Å². The highest BCUT2D eigenvalue weighted by Gasteiger charge is 2.26. The highest BCUT2D eigenvalue weighted by Crippen LogP contribution is 2.37. The Balaban J connectivity index is 2.11. The second-order valence-electron chi connectivity index (χ2n) is 3.74. The lowest BCUT2D eigenvalue weighted by molar-refractivity contribution is 0.381. The number of rotatable bonds is 4. The summed E-state index contributed by atoms with van der Waals surface area (Å²) in [6, 6.07) is -0.0360. The molecule has 1 aromatic rings. The normalized spacial score (nSPS) is 17.9. The molecule has 2 rings (SSSR count). The van der Waals surface area contributed by atoms with E-state index in [1.54, 1.807) is 19.5 Å². The number of nitrogens with zero attached hydrogens (tertiary/aromatic N) is 2. The first-order chi connectivity index (χ1) is 6.81. The molecular weight excluding hydrogens is 178 g/mol. The molecule has 0 saturated heterocycles. The third-order valence-electron chi connectivity index (χ3n) is 2.52. The minimum Gasteiger partial charge on any atom is -0.480 e. The van der Waals surface area contributed by atoms with Crippen molar-refractivity contribution in [3.8, 4) is 5.88 Å². The fourth-order valence-corrected chi connectivity index (χ4v) is 1.57. The summed E-state index contributed by atoms with van der Waals surface area (Å²) in [6.07, 6.45) is 6.87. The number of nitrogens with two attached hydrogens (primary N) is 1. The summed E-state index contributed by atoms with van der Waals surface area (Å²) >= 11 is 0. The zero-order chi connectivity index (χ0) is 9.97. The van der Waals surface area contributed by atoms with E-state index in [9.17, 15) is 0 Å². The Morgan fingerprint density at radius 1 is 1.50 bits per heavy atom. The van der Waals surface area contributed by atoms with Gasteiger partial charge in [-0.15, -0.1) is 0 Å². The Morgan fingerprint density at radius 2 is 2.21 bits per heavy atom. The quantitative estimate of drug-likeness (QED) is 0.782. The molecule has 0 amide bonds. The topological polar surface area (TPSA) is 61.0 Å². The molecule has 1 atom stereocenters. The van der Waals surface area contributed by atoms with Crippen LogP contribution < -0.4 is 10.5 Å². The molecule has 4 nitrogen and oxygen atoms in total. The first-order valence-electron chi connectivity index (χ1n) is 4.91. The maximum absolute atomic E-state index is 6.03. The first-order valence-corrected chi connectivity index (χ1v) is 4.91. The van der Waals surface area contributed by atoms with E-state index in [-0.39, 0.29) is 6.04 Å². The van der Waals surface area contributed by atoms with Crippen molar-refractivity contribution in [3.05, 3.63) is 18.1 Å². The standard InChI is InChI=1S/C10H15N3O/c1-14-10-9(12-4-5-13-10)8(11)6-7-2-3-7/h4-5,7-8H,2-3,6,11H2,1H3. The van der Waals surface area contributed by atoms with Crippen molar-refractivity contribution in [3.63, 3.8) is 0 Å². The summed E-state index contributed by atoms with van der Waals surface area (Å²) in [6.45, 7) is 0. The molecule has 2 N–H and O–H groups in total. The van der Waals surface area contributed by atoms with E-state index in [4.69, 9.17) is 10.5 Å². The van der Waals surface area contributed by atoms with Crippen LogP contribution in [0.15, 0.2) is 12.4 Å². The van der Waals surface area contributed by atoms with Crippen LogP contribution in [0, 0.1) is 5.92 Å². The van der Waals surface area contributed by atoms with Crippen molar-refractivity contribution in [1.82, 2.24) is 9.97 Å². The Hall–Kier alpha value is -1.16. The minimum atomic E-state index is -0.0360. The van der Waals surface area contributed by atoms with Crippen LogP contribution in [0.25, 0.3) is 0 Å². The SMILES string of the molecule is COc1nccnc1C(N)CC1CC1. The molecule has 1 aliphatic rings. The number of aromatic nitrogens is 2. The Bertz CT molecular complexity index is 312.